The molecule has 25 heavy (non-hydrogen) atoms. The standard InChI is InChI=1S/C20H25F3O2/c1-2-3-14-12-24-19(25-13-14)17-6-4-15(5-7-17)16-8-10-18(11-9-16)20(21,22)23/h4,8-11,14,17,19H,2-3,5-7,12-13H2,1H3. The molecule has 0 aromatic heterocycles. The van der Waals surface area contributed by atoms with Gasteiger partial charge in [0.15, 0.2) is 6.29 Å². The van der Waals surface area contributed by atoms with Gasteiger partial charge in [0.25, 0.3) is 0 Å². The van der Waals surface area contributed by atoms with Crippen molar-refractivity contribution in [1.29, 1.82) is 0 Å². The Morgan fingerprint density at radius 2 is 1.76 bits per heavy atom. The topological polar surface area (TPSA) is 18.5 Å². The van der Waals surface area contributed by atoms with Gasteiger partial charge in [-0.2, -0.15) is 13.2 Å². The minimum atomic E-state index is -4.28. The Bertz CT molecular complexity index is 584. The molecule has 1 unspecified atom stereocenters. The summed E-state index contributed by atoms with van der Waals surface area (Å²) in [5.41, 5.74) is 1.39. The fraction of sp³-hybridized carbons (Fsp3) is 0.600. The van der Waals surface area contributed by atoms with Crippen molar-refractivity contribution in [2.75, 3.05) is 13.2 Å². The number of allylic oxidation sites excluding steroid dienone is 2. The number of hydrogen-bond donors (Lipinski definition) is 0. The maximum absolute atomic E-state index is 12.7. The van der Waals surface area contributed by atoms with Crippen molar-refractivity contribution >= 4 is 5.57 Å². The zero-order chi connectivity index (χ0) is 17.9. The average molecular weight is 354 g/mol. The maximum Gasteiger partial charge on any atom is 0.416 e. The first-order valence-corrected chi connectivity index (χ1v) is 9.07. The predicted octanol–water partition coefficient (Wildman–Crippen LogP) is 5.68. The highest BCUT2D eigenvalue weighted by Crippen LogP contribution is 2.36. The molecule has 1 aliphatic heterocycles. The molecule has 2 nitrogen and oxygen atoms in total. The first-order valence-electron chi connectivity index (χ1n) is 9.07. The van der Waals surface area contributed by atoms with Gasteiger partial charge in [-0.25, -0.2) is 0 Å². The van der Waals surface area contributed by atoms with E-state index in [4.69, 9.17) is 9.47 Å². The minimum absolute atomic E-state index is 0.140. The van der Waals surface area contributed by atoms with Crippen LogP contribution in [0.5, 0.6) is 0 Å². The molecule has 0 spiro atoms. The van der Waals surface area contributed by atoms with Crippen LogP contribution in [0.25, 0.3) is 5.57 Å². The lowest BCUT2D eigenvalue weighted by Gasteiger charge is -2.35. The lowest BCUT2D eigenvalue weighted by molar-refractivity contribution is -0.225. The molecular formula is C20H25F3O2. The van der Waals surface area contributed by atoms with E-state index in [1.54, 1.807) is 12.1 Å². The highest BCUT2D eigenvalue weighted by molar-refractivity contribution is 5.66. The van der Waals surface area contributed by atoms with Gasteiger partial charge in [0.2, 0.25) is 0 Å². The minimum Gasteiger partial charge on any atom is -0.352 e. The van der Waals surface area contributed by atoms with E-state index in [0.29, 0.717) is 11.8 Å². The third kappa shape index (κ3) is 4.64. The molecule has 1 saturated heterocycles. The number of hydrogen-bond acceptors (Lipinski definition) is 2. The number of alkyl halides is 3. The van der Waals surface area contributed by atoms with Crippen molar-refractivity contribution in [3.8, 4) is 0 Å². The Balaban J connectivity index is 1.56. The van der Waals surface area contributed by atoms with E-state index in [-0.39, 0.29) is 6.29 Å². The van der Waals surface area contributed by atoms with E-state index in [1.165, 1.54) is 0 Å². The first kappa shape index (κ1) is 18.5. The molecule has 0 bridgehead atoms. The molecule has 1 fully saturated rings. The Labute approximate surface area is 147 Å². The van der Waals surface area contributed by atoms with Gasteiger partial charge < -0.3 is 9.47 Å². The van der Waals surface area contributed by atoms with Crippen molar-refractivity contribution in [2.24, 2.45) is 11.8 Å². The third-order valence-electron chi connectivity index (χ3n) is 5.11. The SMILES string of the molecule is CCCC1COC(C2CC=C(c3ccc(C(F)(F)F)cc3)CC2)OC1. The second-order valence-electron chi connectivity index (χ2n) is 7.03. The van der Waals surface area contributed by atoms with Gasteiger partial charge in [0.05, 0.1) is 18.8 Å². The fourth-order valence-corrected chi connectivity index (χ4v) is 3.64. The van der Waals surface area contributed by atoms with Gasteiger partial charge >= 0.3 is 6.18 Å². The molecule has 0 saturated carbocycles. The van der Waals surface area contributed by atoms with Crippen molar-refractivity contribution in [3.05, 3.63) is 41.5 Å². The van der Waals surface area contributed by atoms with Crippen LogP contribution in [-0.2, 0) is 15.7 Å². The molecular weight excluding hydrogens is 329 g/mol. The van der Waals surface area contributed by atoms with Crippen LogP contribution in [0.3, 0.4) is 0 Å². The molecule has 0 radical (unpaired) electrons. The normalized spacial score (nSPS) is 27.8. The van der Waals surface area contributed by atoms with Crippen LogP contribution in [0, 0.1) is 11.8 Å². The lowest BCUT2D eigenvalue weighted by Crippen LogP contribution is -2.37. The monoisotopic (exact) mass is 354 g/mol. The summed E-state index contributed by atoms with van der Waals surface area (Å²) in [7, 11) is 0. The molecule has 0 N–H and O–H groups in total. The Morgan fingerprint density at radius 1 is 1.08 bits per heavy atom. The smallest absolute Gasteiger partial charge is 0.352 e. The molecule has 1 aliphatic carbocycles. The third-order valence-corrected chi connectivity index (χ3v) is 5.11. The first-order chi connectivity index (χ1) is 12.0. The van der Waals surface area contributed by atoms with Gasteiger partial charge in [-0.05, 0) is 49.0 Å². The molecule has 3 rings (SSSR count). The number of ether oxygens (including phenoxy) is 2. The van der Waals surface area contributed by atoms with Crippen LogP contribution in [-0.4, -0.2) is 19.5 Å². The van der Waals surface area contributed by atoms with E-state index in [2.05, 4.69) is 13.0 Å². The molecule has 2 aliphatic rings. The summed E-state index contributed by atoms with van der Waals surface area (Å²) in [6.45, 7) is 3.70. The summed E-state index contributed by atoms with van der Waals surface area (Å²) in [4.78, 5) is 0. The summed E-state index contributed by atoms with van der Waals surface area (Å²) in [6.07, 6.45) is 2.61. The highest BCUT2D eigenvalue weighted by Gasteiger charge is 2.31. The zero-order valence-electron chi connectivity index (χ0n) is 14.5. The van der Waals surface area contributed by atoms with Crippen LogP contribution in [0.1, 0.15) is 50.2 Å². The van der Waals surface area contributed by atoms with Crippen LogP contribution < -0.4 is 0 Å². The van der Waals surface area contributed by atoms with Gasteiger partial charge in [-0.3, -0.25) is 0 Å². The van der Waals surface area contributed by atoms with Crippen LogP contribution in [0.4, 0.5) is 13.2 Å². The van der Waals surface area contributed by atoms with Gasteiger partial charge in [0.1, 0.15) is 0 Å². The van der Waals surface area contributed by atoms with Gasteiger partial charge in [-0.15, -0.1) is 0 Å². The Hall–Kier alpha value is -1.33. The highest BCUT2D eigenvalue weighted by atomic mass is 19.4. The second-order valence-corrected chi connectivity index (χ2v) is 7.03. The van der Waals surface area contributed by atoms with Crippen molar-refractivity contribution in [3.63, 3.8) is 0 Å². The lowest BCUT2D eigenvalue weighted by atomic mass is 9.85. The second kappa shape index (κ2) is 7.92. The molecule has 1 aromatic rings. The van der Waals surface area contributed by atoms with E-state index in [0.717, 1.165) is 68.6 Å². The molecule has 0 amide bonds. The summed E-state index contributed by atoms with van der Waals surface area (Å²) in [5.74, 6) is 0.837. The van der Waals surface area contributed by atoms with Crippen molar-refractivity contribution in [1.82, 2.24) is 0 Å². The van der Waals surface area contributed by atoms with Crippen molar-refractivity contribution < 1.29 is 22.6 Å². The van der Waals surface area contributed by atoms with E-state index < -0.39 is 11.7 Å². The number of rotatable bonds is 4. The largest absolute Gasteiger partial charge is 0.416 e. The van der Waals surface area contributed by atoms with Crippen molar-refractivity contribution in [2.45, 2.75) is 51.5 Å². The summed E-state index contributed by atoms with van der Waals surface area (Å²) < 4.78 is 49.8. The molecule has 1 atom stereocenters. The van der Waals surface area contributed by atoms with Gasteiger partial charge in [0, 0.05) is 11.8 Å². The van der Waals surface area contributed by atoms with Crippen LogP contribution >= 0.6 is 0 Å². The summed E-state index contributed by atoms with van der Waals surface area (Å²) >= 11 is 0. The quantitative estimate of drug-likeness (QED) is 0.693. The van der Waals surface area contributed by atoms with E-state index in [9.17, 15) is 13.2 Å². The zero-order valence-corrected chi connectivity index (χ0v) is 14.5. The Kier molecular flexibility index (Phi) is 5.85. The van der Waals surface area contributed by atoms with Crippen LogP contribution in [0.2, 0.25) is 0 Å². The van der Waals surface area contributed by atoms with Gasteiger partial charge in [-0.1, -0.05) is 31.6 Å². The number of benzene rings is 1. The number of halogens is 3. The summed E-state index contributed by atoms with van der Waals surface area (Å²) in [5, 5.41) is 0. The molecule has 1 heterocycles. The van der Waals surface area contributed by atoms with Crippen LogP contribution in [0.15, 0.2) is 30.3 Å². The predicted molar refractivity (Wildman–Crippen MR) is 90.9 cm³/mol. The maximum atomic E-state index is 12.7. The van der Waals surface area contributed by atoms with E-state index >= 15 is 0 Å². The average Bonchev–Trinajstić information content (AvgIpc) is 2.62. The Morgan fingerprint density at radius 3 is 2.28 bits per heavy atom. The van der Waals surface area contributed by atoms with E-state index in [1.807, 2.05) is 0 Å². The molecule has 5 heteroatoms. The fourth-order valence-electron chi connectivity index (χ4n) is 3.64. The molecule has 138 valence electrons. The summed E-state index contributed by atoms with van der Waals surface area (Å²) in [6, 6.07) is 5.45. The molecule has 1 aromatic carbocycles.